The molecule has 1 aliphatic rings. The maximum Gasteiger partial charge on any atom is 0.230 e. The first-order chi connectivity index (χ1) is 8.89. The van der Waals surface area contributed by atoms with Gasteiger partial charge in [-0.2, -0.15) is 0 Å². The number of hydrogen-bond acceptors (Lipinski definition) is 3. The molecule has 1 aromatic rings. The maximum atomic E-state index is 12.4. The average molecular weight is 262 g/mol. The Balaban J connectivity index is 2.04. The van der Waals surface area contributed by atoms with Crippen LogP contribution in [0.4, 0.5) is 5.69 Å². The summed E-state index contributed by atoms with van der Waals surface area (Å²) in [7, 11) is 1.65. The van der Waals surface area contributed by atoms with Gasteiger partial charge in [0.25, 0.3) is 0 Å². The van der Waals surface area contributed by atoms with Crippen molar-refractivity contribution >= 4 is 11.6 Å². The number of methoxy groups -OCH3 is 1. The van der Waals surface area contributed by atoms with E-state index in [0.717, 1.165) is 24.1 Å². The standard InChI is InChI=1S/C15H22N2O2/c1-14(2,19-3)10-17-13(18)15(8-9-15)11-4-6-12(16)7-5-11/h4-7H,8-10,16H2,1-3H3,(H,17,18). The van der Waals surface area contributed by atoms with Crippen molar-refractivity contribution in [2.24, 2.45) is 0 Å². The summed E-state index contributed by atoms with van der Waals surface area (Å²) in [4.78, 5) is 12.4. The summed E-state index contributed by atoms with van der Waals surface area (Å²) in [6.45, 7) is 4.42. The molecule has 3 N–H and O–H groups in total. The van der Waals surface area contributed by atoms with Crippen molar-refractivity contribution in [3.8, 4) is 0 Å². The summed E-state index contributed by atoms with van der Waals surface area (Å²) in [5.74, 6) is 0.0856. The second-order valence-electron chi connectivity index (χ2n) is 5.85. The first-order valence-corrected chi connectivity index (χ1v) is 6.59. The lowest BCUT2D eigenvalue weighted by Crippen LogP contribution is -2.43. The summed E-state index contributed by atoms with van der Waals surface area (Å²) in [6.07, 6.45) is 1.80. The summed E-state index contributed by atoms with van der Waals surface area (Å²) in [5, 5.41) is 2.99. The highest BCUT2D eigenvalue weighted by Crippen LogP contribution is 2.48. The number of nitrogens with two attached hydrogens (primary N) is 1. The molecule has 0 spiro atoms. The third-order valence-corrected chi connectivity index (χ3v) is 3.88. The van der Waals surface area contributed by atoms with E-state index in [2.05, 4.69) is 5.32 Å². The van der Waals surface area contributed by atoms with Crippen LogP contribution in [0.2, 0.25) is 0 Å². The van der Waals surface area contributed by atoms with E-state index in [9.17, 15) is 4.79 Å². The van der Waals surface area contributed by atoms with Crippen LogP contribution < -0.4 is 11.1 Å². The Morgan fingerprint density at radius 3 is 2.42 bits per heavy atom. The Bertz CT molecular complexity index is 462. The lowest BCUT2D eigenvalue weighted by molar-refractivity contribution is -0.124. The molecule has 1 amide bonds. The summed E-state index contributed by atoms with van der Waals surface area (Å²) in [5.41, 5.74) is 6.77. The van der Waals surface area contributed by atoms with Gasteiger partial charge in [0.1, 0.15) is 0 Å². The van der Waals surface area contributed by atoms with Crippen LogP contribution in [0.25, 0.3) is 0 Å². The Hall–Kier alpha value is -1.55. The quantitative estimate of drug-likeness (QED) is 0.796. The van der Waals surface area contributed by atoms with Gasteiger partial charge in [0.15, 0.2) is 0 Å². The van der Waals surface area contributed by atoms with Gasteiger partial charge in [-0.1, -0.05) is 12.1 Å². The molecule has 1 aliphatic carbocycles. The van der Waals surface area contributed by atoms with Gasteiger partial charge in [-0.25, -0.2) is 0 Å². The second-order valence-corrected chi connectivity index (χ2v) is 5.85. The summed E-state index contributed by atoms with van der Waals surface area (Å²) in [6, 6.07) is 7.59. The molecular weight excluding hydrogens is 240 g/mol. The topological polar surface area (TPSA) is 64.3 Å². The van der Waals surface area contributed by atoms with E-state index in [1.165, 1.54) is 0 Å². The van der Waals surface area contributed by atoms with Crippen LogP contribution in [0.15, 0.2) is 24.3 Å². The van der Waals surface area contributed by atoms with Crippen LogP contribution in [-0.4, -0.2) is 25.2 Å². The van der Waals surface area contributed by atoms with Crippen LogP contribution in [0.5, 0.6) is 0 Å². The smallest absolute Gasteiger partial charge is 0.230 e. The van der Waals surface area contributed by atoms with Crippen molar-refractivity contribution in [3.63, 3.8) is 0 Å². The molecule has 1 aromatic carbocycles. The second kappa shape index (κ2) is 4.85. The molecule has 0 radical (unpaired) electrons. The third kappa shape index (κ3) is 2.89. The number of amides is 1. The highest BCUT2D eigenvalue weighted by atomic mass is 16.5. The van der Waals surface area contributed by atoms with E-state index in [1.807, 2.05) is 38.1 Å². The van der Waals surface area contributed by atoms with E-state index < -0.39 is 0 Å². The first kappa shape index (κ1) is 13.9. The van der Waals surface area contributed by atoms with E-state index in [0.29, 0.717) is 6.54 Å². The molecule has 4 heteroatoms. The van der Waals surface area contributed by atoms with Crippen molar-refractivity contribution in [3.05, 3.63) is 29.8 Å². The molecule has 19 heavy (non-hydrogen) atoms. The highest BCUT2D eigenvalue weighted by Gasteiger charge is 2.51. The maximum absolute atomic E-state index is 12.4. The number of nitrogens with one attached hydrogen (secondary N) is 1. The highest BCUT2D eigenvalue weighted by molar-refractivity contribution is 5.91. The Morgan fingerprint density at radius 1 is 1.37 bits per heavy atom. The predicted molar refractivity (Wildman–Crippen MR) is 75.9 cm³/mol. The number of carbonyl (C=O) groups excluding carboxylic acids is 1. The normalized spacial score (nSPS) is 17.0. The van der Waals surface area contributed by atoms with Gasteiger partial charge in [-0.3, -0.25) is 4.79 Å². The van der Waals surface area contributed by atoms with Crippen molar-refractivity contribution in [2.75, 3.05) is 19.4 Å². The van der Waals surface area contributed by atoms with E-state index in [1.54, 1.807) is 7.11 Å². The fourth-order valence-electron chi connectivity index (χ4n) is 2.11. The third-order valence-electron chi connectivity index (χ3n) is 3.88. The van der Waals surface area contributed by atoms with Gasteiger partial charge in [0.2, 0.25) is 5.91 Å². The molecule has 1 saturated carbocycles. The fourth-order valence-corrected chi connectivity index (χ4v) is 2.11. The van der Waals surface area contributed by atoms with Crippen LogP contribution >= 0.6 is 0 Å². The Morgan fingerprint density at radius 2 is 1.95 bits per heavy atom. The molecule has 0 aliphatic heterocycles. The monoisotopic (exact) mass is 262 g/mol. The number of benzene rings is 1. The number of nitrogen functional groups attached to an aromatic ring is 1. The summed E-state index contributed by atoms with van der Waals surface area (Å²) >= 11 is 0. The van der Waals surface area contributed by atoms with Crippen LogP contribution in [-0.2, 0) is 14.9 Å². The van der Waals surface area contributed by atoms with Gasteiger partial charge >= 0.3 is 0 Å². The molecular formula is C15H22N2O2. The Kier molecular flexibility index (Phi) is 3.54. The van der Waals surface area contributed by atoms with E-state index in [-0.39, 0.29) is 16.9 Å². The van der Waals surface area contributed by atoms with Crippen LogP contribution in [0.1, 0.15) is 32.3 Å². The SMILES string of the molecule is COC(C)(C)CNC(=O)C1(c2ccc(N)cc2)CC1. The molecule has 0 atom stereocenters. The largest absolute Gasteiger partial charge is 0.399 e. The molecule has 4 nitrogen and oxygen atoms in total. The minimum atomic E-state index is -0.350. The number of carbonyl (C=O) groups is 1. The van der Waals surface area contributed by atoms with E-state index in [4.69, 9.17) is 10.5 Å². The van der Waals surface area contributed by atoms with Crippen molar-refractivity contribution in [1.82, 2.24) is 5.32 Å². The molecule has 2 rings (SSSR count). The zero-order valence-corrected chi connectivity index (χ0v) is 11.8. The molecule has 104 valence electrons. The number of hydrogen-bond donors (Lipinski definition) is 2. The number of anilines is 1. The molecule has 0 saturated heterocycles. The van der Waals surface area contributed by atoms with Crippen molar-refractivity contribution < 1.29 is 9.53 Å². The minimum absolute atomic E-state index is 0.0856. The van der Waals surface area contributed by atoms with Crippen molar-refractivity contribution in [1.29, 1.82) is 0 Å². The molecule has 0 heterocycles. The predicted octanol–water partition coefficient (Wildman–Crippen LogP) is 1.84. The molecule has 1 fully saturated rings. The lowest BCUT2D eigenvalue weighted by Gasteiger charge is -2.25. The zero-order chi connectivity index (χ0) is 14.1. The number of ether oxygens (including phenoxy) is 1. The fraction of sp³-hybridized carbons (Fsp3) is 0.533. The minimum Gasteiger partial charge on any atom is -0.399 e. The van der Waals surface area contributed by atoms with E-state index >= 15 is 0 Å². The summed E-state index contributed by atoms with van der Waals surface area (Å²) < 4.78 is 5.31. The van der Waals surface area contributed by atoms with Gasteiger partial charge in [-0.15, -0.1) is 0 Å². The number of rotatable bonds is 5. The van der Waals surface area contributed by atoms with Gasteiger partial charge < -0.3 is 15.8 Å². The lowest BCUT2D eigenvalue weighted by atomic mass is 9.94. The molecule has 0 aromatic heterocycles. The first-order valence-electron chi connectivity index (χ1n) is 6.59. The van der Waals surface area contributed by atoms with Gasteiger partial charge in [-0.05, 0) is 44.4 Å². The van der Waals surface area contributed by atoms with Gasteiger partial charge in [0, 0.05) is 19.3 Å². The zero-order valence-electron chi connectivity index (χ0n) is 11.8. The molecule has 0 bridgehead atoms. The van der Waals surface area contributed by atoms with Crippen LogP contribution in [0, 0.1) is 0 Å². The average Bonchev–Trinajstić information content (AvgIpc) is 3.18. The van der Waals surface area contributed by atoms with Crippen molar-refractivity contribution in [2.45, 2.75) is 37.7 Å². The van der Waals surface area contributed by atoms with Crippen LogP contribution in [0.3, 0.4) is 0 Å². The molecule has 0 unspecified atom stereocenters. The Labute approximate surface area is 114 Å². The van der Waals surface area contributed by atoms with Gasteiger partial charge in [0.05, 0.1) is 11.0 Å².